The number of hydrogen-bond acceptors (Lipinski definition) is 2. The van der Waals surface area contributed by atoms with Gasteiger partial charge in [0, 0.05) is 11.8 Å². The molecule has 0 unspecified atom stereocenters. The number of ether oxygens (including phenoxy) is 1. The maximum Gasteiger partial charge on any atom is 0.228 e. The van der Waals surface area contributed by atoms with Gasteiger partial charge in [0.15, 0.2) is 0 Å². The van der Waals surface area contributed by atoms with Crippen molar-refractivity contribution in [3.8, 4) is 16.9 Å². The zero-order valence-electron chi connectivity index (χ0n) is 14.2. The highest BCUT2D eigenvalue weighted by Crippen LogP contribution is 2.20. The molecule has 0 aromatic heterocycles. The van der Waals surface area contributed by atoms with Crippen LogP contribution >= 0.6 is 0 Å². The SMILES string of the molecule is CCOc1cccc(NC(=O)Cc2ccc(-c3ccccc3)cc2)c1. The van der Waals surface area contributed by atoms with Crippen LogP contribution < -0.4 is 10.1 Å². The van der Waals surface area contributed by atoms with Crippen LogP contribution in [-0.2, 0) is 11.2 Å². The Balaban J connectivity index is 1.62. The zero-order chi connectivity index (χ0) is 17.5. The summed E-state index contributed by atoms with van der Waals surface area (Å²) in [4.78, 5) is 12.3. The fourth-order valence-corrected chi connectivity index (χ4v) is 2.67. The highest BCUT2D eigenvalue weighted by molar-refractivity contribution is 5.92. The van der Waals surface area contributed by atoms with Gasteiger partial charge < -0.3 is 10.1 Å². The minimum absolute atomic E-state index is 0.0406. The average molecular weight is 331 g/mol. The van der Waals surface area contributed by atoms with E-state index < -0.39 is 0 Å². The second-order valence-electron chi connectivity index (χ2n) is 5.75. The van der Waals surface area contributed by atoms with Crippen molar-refractivity contribution in [2.75, 3.05) is 11.9 Å². The molecule has 0 aliphatic rings. The monoisotopic (exact) mass is 331 g/mol. The second kappa shape index (κ2) is 8.15. The lowest BCUT2D eigenvalue weighted by atomic mass is 10.0. The Morgan fingerprint density at radius 2 is 1.60 bits per heavy atom. The molecule has 0 atom stereocenters. The molecule has 3 rings (SSSR count). The fourth-order valence-electron chi connectivity index (χ4n) is 2.67. The summed E-state index contributed by atoms with van der Waals surface area (Å²) in [5.74, 6) is 0.716. The quantitative estimate of drug-likeness (QED) is 0.695. The molecular weight excluding hydrogens is 310 g/mol. The molecule has 3 heteroatoms. The van der Waals surface area contributed by atoms with Gasteiger partial charge in [-0.3, -0.25) is 4.79 Å². The van der Waals surface area contributed by atoms with E-state index in [1.807, 2.05) is 73.7 Å². The van der Waals surface area contributed by atoms with Gasteiger partial charge in [-0.15, -0.1) is 0 Å². The predicted molar refractivity (Wildman–Crippen MR) is 102 cm³/mol. The number of carbonyl (C=O) groups is 1. The molecule has 1 amide bonds. The van der Waals surface area contributed by atoms with Gasteiger partial charge in [0.05, 0.1) is 13.0 Å². The number of anilines is 1. The highest BCUT2D eigenvalue weighted by Gasteiger charge is 2.06. The van der Waals surface area contributed by atoms with Crippen molar-refractivity contribution in [3.05, 3.63) is 84.4 Å². The Hall–Kier alpha value is -3.07. The summed E-state index contributed by atoms with van der Waals surface area (Å²) >= 11 is 0. The third-order valence-electron chi connectivity index (χ3n) is 3.85. The Morgan fingerprint density at radius 1 is 0.880 bits per heavy atom. The first kappa shape index (κ1) is 16.8. The van der Waals surface area contributed by atoms with Crippen molar-refractivity contribution in [1.82, 2.24) is 0 Å². The molecule has 126 valence electrons. The maximum absolute atomic E-state index is 12.3. The molecule has 0 spiro atoms. The molecule has 0 saturated heterocycles. The molecule has 0 bridgehead atoms. The Morgan fingerprint density at radius 3 is 2.32 bits per heavy atom. The molecule has 3 aromatic rings. The van der Waals surface area contributed by atoms with Crippen LogP contribution in [-0.4, -0.2) is 12.5 Å². The van der Waals surface area contributed by atoms with Gasteiger partial charge in [0.2, 0.25) is 5.91 Å². The fraction of sp³-hybridized carbons (Fsp3) is 0.136. The number of nitrogens with one attached hydrogen (secondary N) is 1. The van der Waals surface area contributed by atoms with Gasteiger partial charge in [-0.1, -0.05) is 60.7 Å². The first-order valence-corrected chi connectivity index (χ1v) is 8.41. The molecule has 0 heterocycles. The van der Waals surface area contributed by atoms with Crippen molar-refractivity contribution in [2.45, 2.75) is 13.3 Å². The summed E-state index contributed by atoms with van der Waals surface area (Å²) in [6.07, 6.45) is 0.341. The molecular formula is C22H21NO2. The van der Waals surface area contributed by atoms with E-state index >= 15 is 0 Å². The number of rotatable bonds is 6. The third-order valence-corrected chi connectivity index (χ3v) is 3.85. The molecule has 0 fully saturated rings. The summed E-state index contributed by atoms with van der Waals surface area (Å²) in [6.45, 7) is 2.54. The summed E-state index contributed by atoms with van der Waals surface area (Å²) in [7, 11) is 0. The van der Waals surface area contributed by atoms with Crippen molar-refractivity contribution in [3.63, 3.8) is 0 Å². The minimum atomic E-state index is -0.0406. The standard InChI is InChI=1S/C22H21NO2/c1-2-25-21-10-6-9-20(16-21)23-22(24)15-17-11-13-19(14-12-17)18-7-4-3-5-8-18/h3-14,16H,2,15H2,1H3,(H,23,24). The van der Waals surface area contributed by atoms with E-state index in [0.717, 1.165) is 22.6 Å². The zero-order valence-corrected chi connectivity index (χ0v) is 14.2. The predicted octanol–water partition coefficient (Wildman–Crippen LogP) is 4.93. The molecule has 3 nitrogen and oxygen atoms in total. The Labute approximate surface area is 148 Å². The lowest BCUT2D eigenvalue weighted by Crippen LogP contribution is -2.14. The lowest BCUT2D eigenvalue weighted by Gasteiger charge is -2.08. The van der Waals surface area contributed by atoms with E-state index in [9.17, 15) is 4.79 Å². The summed E-state index contributed by atoms with van der Waals surface area (Å²) < 4.78 is 5.45. The number of benzene rings is 3. The Kier molecular flexibility index (Phi) is 5.47. The van der Waals surface area contributed by atoms with Crippen molar-refractivity contribution in [1.29, 1.82) is 0 Å². The summed E-state index contributed by atoms with van der Waals surface area (Å²) in [6, 6.07) is 25.7. The first-order valence-electron chi connectivity index (χ1n) is 8.41. The van der Waals surface area contributed by atoms with Gasteiger partial charge in [-0.05, 0) is 35.7 Å². The van der Waals surface area contributed by atoms with Gasteiger partial charge in [0.25, 0.3) is 0 Å². The smallest absolute Gasteiger partial charge is 0.228 e. The summed E-state index contributed by atoms with van der Waals surface area (Å²) in [5.41, 5.74) is 4.05. The van der Waals surface area contributed by atoms with Gasteiger partial charge in [0.1, 0.15) is 5.75 Å². The average Bonchev–Trinajstić information content (AvgIpc) is 2.63. The van der Waals surface area contributed by atoms with Crippen LogP contribution in [0.3, 0.4) is 0 Å². The van der Waals surface area contributed by atoms with E-state index in [1.165, 1.54) is 5.56 Å². The highest BCUT2D eigenvalue weighted by atomic mass is 16.5. The molecule has 3 aromatic carbocycles. The van der Waals surface area contributed by atoms with Crippen molar-refractivity contribution < 1.29 is 9.53 Å². The maximum atomic E-state index is 12.3. The molecule has 25 heavy (non-hydrogen) atoms. The molecule has 0 saturated carbocycles. The van der Waals surface area contributed by atoms with Crippen LogP contribution in [0.5, 0.6) is 5.75 Å². The number of hydrogen-bond donors (Lipinski definition) is 1. The largest absolute Gasteiger partial charge is 0.494 e. The van der Waals surface area contributed by atoms with Crippen LogP contribution in [0.25, 0.3) is 11.1 Å². The second-order valence-corrected chi connectivity index (χ2v) is 5.75. The van der Waals surface area contributed by atoms with E-state index in [2.05, 4.69) is 17.4 Å². The lowest BCUT2D eigenvalue weighted by molar-refractivity contribution is -0.115. The molecule has 0 radical (unpaired) electrons. The number of carbonyl (C=O) groups excluding carboxylic acids is 1. The third kappa shape index (κ3) is 4.70. The molecule has 0 aliphatic carbocycles. The minimum Gasteiger partial charge on any atom is -0.494 e. The Bertz CT molecular complexity index is 826. The van der Waals surface area contributed by atoms with Crippen LogP contribution in [0.1, 0.15) is 12.5 Å². The first-order chi connectivity index (χ1) is 12.2. The van der Waals surface area contributed by atoms with E-state index in [1.54, 1.807) is 0 Å². The molecule has 1 N–H and O–H groups in total. The van der Waals surface area contributed by atoms with E-state index in [0.29, 0.717) is 13.0 Å². The van der Waals surface area contributed by atoms with Crippen LogP contribution in [0, 0.1) is 0 Å². The van der Waals surface area contributed by atoms with E-state index in [-0.39, 0.29) is 5.91 Å². The van der Waals surface area contributed by atoms with Crippen LogP contribution in [0.2, 0.25) is 0 Å². The topological polar surface area (TPSA) is 38.3 Å². The van der Waals surface area contributed by atoms with Crippen LogP contribution in [0.4, 0.5) is 5.69 Å². The van der Waals surface area contributed by atoms with Crippen molar-refractivity contribution in [2.24, 2.45) is 0 Å². The van der Waals surface area contributed by atoms with Gasteiger partial charge in [-0.2, -0.15) is 0 Å². The van der Waals surface area contributed by atoms with Gasteiger partial charge >= 0.3 is 0 Å². The van der Waals surface area contributed by atoms with E-state index in [4.69, 9.17) is 4.74 Å². The summed E-state index contributed by atoms with van der Waals surface area (Å²) in [5, 5.41) is 2.92. The molecule has 0 aliphatic heterocycles. The van der Waals surface area contributed by atoms with Crippen molar-refractivity contribution >= 4 is 11.6 Å². The normalized spacial score (nSPS) is 10.3. The van der Waals surface area contributed by atoms with Gasteiger partial charge in [-0.25, -0.2) is 0 Å². The number of amides is 1. The van der Waals surface area contributed by atoms with Crippen LogP contribution in [0.15, 0.2) is 78.9 Å².